The first-order valence-corrected chi connectivity index (χ1v) is 9.13. The standard InChI is InChI=1S/C25H16FN3/c26-23-11-9-18(10-12-23)21(15-28)13-22-17-29(25-8-4-3-7-24(22)25)16-20-6-2-1-5-19(20)14-27/h1-13,17H,16H2/b21-13+. The fourth-order valence-corrected chi connectivity index (χ4v) is 3.44. The molecular formula is C25H16FN3. The number of aromatic nitrogens is 1. The van der Waals surface area contributed by atoms with Crippen LogP contribution in [-0.2, 0) is 6.54 Å². The van der Waals surface area contributed by atoms with Crippen LogP contribution in [0.3, 0.4) is 0 Å². The van der Waals surface area contributed by atoms with Gasteiger partial charge in [0, 0.05) is 29.2 Å². The van der Waals surface area contributed by atoms with Crippen molar-refractivity contribution in [1.82, 2.24) is 4.57 Å². The number of fused-ring (bicyclic) bond motifs is 1. The number of hydrogen-bond donors (Lipinski definition) is 0. The molecule has 0 atom stereocenters. The molecule has 138 valence electrons. The van der Waals surface area contributed by atoms with E-state index in [0.717, 1.165) is 22.0 Å². The van der Waals surface area contributed by atoms with Crippen molar-refractivity contribution in [2.45, 2.75) is 6.54 Å². The zero-order valence-corrected chi connectivity index (χ0v) is 15.5. The zero-order chi connectivity index (χ0) is 20.2. The molecule has 0 saturated heterocycles. The minimum atomic E-state index is -0.334. The first-order valence-electron chi connectivity index (χ1n) is 9.13. The fourth-order valence-electron chi connectivity index (χ4n) is 3.44. The summed E-state index contributed by atoms with van der Waals surface area (Å²) in [6.45, 7) is 0.552. The highest BCUT2D eigenvalue weighted by molar-refractivity contribution is 5.98. The van der Waals surface area contributed by atoms with Crippen LogP contribution in [0.25, 0.3) is 22.6 Å². The van der Waals surface area contributed by atoms with Gasteiger partial charge in [-0.25, -0.2) is 4.39 Å². The molecule has 0 bridgehead atoms. The van der Waals surface area contributed by atoms with Crippen molar-refractivity contribution in [2.75, 3.05) is 0 Å². The van der Waals surface area contributed by atoms with Crippen LogP contribution in [0.15, 0.2) is 79.0 Å². The highest BCUT2D eigenvalue weighted by Gasteiger charge is 2.10. The third-order valence-corrected chi connectivity index (χ3v) is 4.87. The summed E-state index contributed by atoms with van der Waals surface area (Å²) in [5, 5.41) is 20.0. The van der Waals surface area contributed by atoms with Crippen LogP contribution in [0, 0.1) is 28.5 Å². The Morgan fingerprint density at radius 2 is 1.66 bits per heavy atom. The van der Waals surface area contributed by atoms with Crippen molar-refractivity contribution in [3.05, 3.63) is 107 Å². The molecule has 4 heteroatoms. The molecule has 0 saturated carbocycles. The Hall–Kier alpha value is -4.15. The molecule has 0 aliphatic heterocycles. The lowest BCUT2D eigenvalue weighted by atomic mass is 10.0. The van der Waals surface area contributed by atoms with Gasteiger partial charge in [0.05, 0.1) is 23.3 Å². The monoisotopic (exact) mass is 377 g/mol. The summed E-state index contributed by atoms with van der Waals surface area (Å²) in [6, 6.07) is 25.8. The van der Waals surface area contributed by atoms with E-state index in [1.165, 1.54) is 12.1 Å². The number of hydrogen-bond acceptors (Lipinski definition) is 2. The maximum Gasteiger partial charge on any atom is 0.123 e. The smallest absolute Gasteiger partial charge is 0.123 e. The lowest BCUT2D eigenvalue weighted by Crippen LogP contribution is -2.00. The van der Waals surface area contributed by atoms with Gasteiger partial charge in [-0.3, -0.25) is 0 Å². The molecule has 0 unspecified atom stereocenters. The van der Waals surface area contributed by atoms with Gasteiger partial charge in [0.1, 0.15) is 5.82 Å². The summed E-state index contributed by atoms with van der Waals surface area (Å²) in [6.07, 6.45) is 3.81. The van der Waals surface area contributed by atoms with E-state index in [1.54, 1.807) is 12.1 Å². The molecule has 1 aromatic heterocycles. The van der Waals surface area contributed by atoms with Gasteiger partial charge in [0.25, 0.3) is 0 Å². The molecule has 4 aromatic rings. The molecule has 29 heavy (non-hydrogen) atoms. The summed E-state index contributed by atoms with van der Waals surface area (Å²) in [5.74, 6) is -0.334. The second-order valence-electron chi connectivity index (χ2n) is 6.68. The van der Waals surface area contributed by atoms with Gasteiger partial charge in [0.2, 0.25) is 0 Å². The number of para-hydroxylation sites is 1. The number of allylic oxidation sites excluding steroid dienone is 1. The highest BCUT2D eigenvalue weighted by Crippen LogP contribution is 2.27. The number of nitriles is 2. The summed E-state index contributed by atoms with van der Waals surface area (Å²) >= 11 is 0. The Bertz CT molecular complexity index is 1300. The first-order chi connectivity index (χ1) is 14.2. The lowest BCUT2D eigenvalue weighted by molar-refractivity contribution is 0.627. The van der Waals surface area contributed by atoms with E-state index < -0.39 is 0 Å². The fraction of sp³-hybridized carbons (Fsp3) is 0.0400. The summed E-state index contributed by atoms with van der Waals surface area (Å²) in [5.41, 5.74) is 4.63. The van der Waals surface area contributed by atoms with Crippen LogP contribution in [0.2, 0.25) is 0 Å². The van der Waals surface area contributed by atoms with E-state index in [2.05, 4.69) is 16.7 Å². The van der Waals surface area contributed by atoms with E-state index in [4.69, 9.17) is 0 Å². The predicted molar refractivity (Wildman–Crippen MR) is 112 cm³/mol. The summed E-state index contributed by atoms with van der Waals surface area (Å²) < 4.78 is 15.3. The maximum atomic E-state index is 13.2. The molecule has 0 aliphatic rings. The maximum absolute atomic E-state index is 13.2. The molecular weight excluding hydrogens is 361 g/mol. The second kappa shape index (κ2) is 7.84. The van der Waals surface area contributed by atoms with Crippen molar-refractivity contribution >= 4 is 22.6 Å². The van der Waals surface area contributed by atoms with Gasteiger partial charge in [-0.1, -0.05) is 48.5 Å². The molecule has 3 nitrogen and oxygen atoms in total. The Labute approximate surface area is 168 Å². The molecule has 0 spiro atoms. The van der Waals surface area contributed by atoms with Gasteiger partial charge in [-0.15, -0.1) is 0 Å². The van der Waals surface area contributed by atoms with E-state index >= 15 is 0 Å². The van der Waals surface area contributed by atoms with Crippen LogP contribution in [0.1, 0.15) is 22.3 Å². The SMILES string of the molecule is N#C/C(=C\c1cn(Cc2ccccc2C#N)c2ccccc12)c1ccc(F)cc1. The molecule has 1 heterocycles. The number of nitrogens with zero attached hydrogens (tertiary/aromatic N) is 3. The Kier molecular flexibility index (Phi) is 4.93. The molecule has 0 radical (unpaired) electrons. The van der Waals surface area contributed by atoms with Crippen LogP contribution in [-0.4, -0.2) is 4.57 Å². The number of rotatable bonds is 4. The molecule has 4 rings (SSSR count). The van der Waals surface area contributed by atoms with Crippen molar-refractivity contribution in [2.24, 2.45) is 0 Å². The molecule has 3 aromatic carbocycles. The Morgan fingerprint density at radius 1 is 0.931 bits per heavy atom. The molecule has 0 fully saturated rings. The average molecular weight is 377 g/mol. The van der Waals surface area contributed by atoms with E-state index in [-0.39, 0.29) is 5.82 Å². The minimum absolute atomic E-state index is 0.334. The van der Waals surface area contributed by atoms with Crippen LogP contribution in [0.4, 0.5) is 4.39 Å². The van der Waals surface area contributed by atoms with Gasteiger partial charge in [-0.05, 0) is 41.5 Å². The van der Waals surface area contributed by atoms with Crippen molar-refractivity contribution in [1.29, 1.82) is 10.5 Å². The van der Waals surface area contributed by atoms with Crippen LogP contribution in [0.5, 0.6) is 0 Å². The summed E-state index contributed by atoms with van der Waals surface area (Å²) in [4.78, 5) is 0. The molecule has 0 N–H and O–H groups in total. The van der Waals surface area contributed by atoms with Crippen LogP contribution >= 0.6 is 0 Å². The normalized spacial score (nSPS) is 11.2. The topological polar surface area (TPSA) is 52.5 Å². The van der Waals surface area contributed by atoms with Gasteiger partial charge >= 0.3 is 0 Å². The largest absolute Gasteiger partial charge is 0.342 e. The average Bonchev–Trinajstić information content (AvgIpc) is 3.10. The highest BCUT2D eigenvalue weighted by atomic mass is 19.1. The third kappa shape index (κ3) is 3.65. The first kappa shape index (κ1) is 18.2. The quantitative estimate of drug-likeness (QED) is 0.424. The number of halogens is 1. The second-order valence-corrected chi connectivity index (χ2v) is 6.68. The van der Waals surface area contributed by atoms with Gasteiger partial charge < -0.3 is 4.57 Å². The Morgan fingerprint density at radius 3 is 2.41 bits per heavy atom. The van der Waals surface area contributed by atoms with Crippen molar-refractivity contribution in [3.8, 4) is 12.1 Å². The van der Waals surface area contributed by atoms with E-state index in [9.17, 15) is 14.9 Å². The van der Waals surface area contributed by atoms with Crippen LogP contribution < -0.4 is 0 Å². The van der Waals surface area contributed by atoms with Gasteiger partial charge in [0.15, 0.2) is 0 Å². The molecule has 0 amide bonds. The lowest BCUT2D eigenvalue weighted by Gasteiger charge is -2.07. The van der Waals surface area contributed by atoms with E-state index in [0.29, 0.717) is 23.2 Å². The van der Waals surface area contributed by atoms with Gasteiger partial charge in [-0.2, -0.15) is 10.5 Å². The van der Waals surface area contributed by atoms with Crippen molar-refractivity contribution < 1.29 is 4.39 Å². The third-order valence-electron chi connectivity index (χ3n) is 4.87. The zero-order valence-electron chi connectivity index (χ0n) is 15.5. The van der Waals surface area contributed by atoms with Crippen molar-refractivity contribution in [3.63, 3.8) is 0 Å². The molecule has 0 aliphatic carbocycles. The Balaban J connectivity index is 1.81. The summed E-state index contributed by atoms with van der Waals surface area (Å²) in [7, 11) is 0. The minimum Gasteiger partial charge on any atom is -0.342 e. The predicted octanol–water partition coefficient (Wildman–Crippen LogP) is 5.76. The van der Waals surface area contributed by atoms with E-state index in [1.807, 2.05) is 60.8 Å². The number of benzene rings is 3.